The van der Waals surface area contributed by atoms with Crippen LogP contribution in [0.25, 0.3) is 6.08 Å². The normalized spacial score (nSPS) is 16.6. The number of fused-ring (bicyclic) bond motifs is 1. The first-order valence-corrected chi connectivity index (χ1v) is 10.7. The van der Waals surface area contributed by atoms with Crippen molar-refractivity contribution >= 4 is 67.8 Å². The SMILES string of the molecule is O=C(CCN1C(=O)C(=Cc2ccc3c(c2)OCO3)SC1=S)Nc1ccc(Br)cc1. The first-order chi connectivity index (χ1) is 14.0. The Morgan fingerprint density at radius 2 is 1.97 bits per heavy atom. The number of nitrogens with one attached hydrogen (secondary N) is 1. The molecular weight excluding hydrogens is 476 g/mol. The quantitative estimate of drug-likeness (QED) is 0.494. The van der Waals surface area contributed by atoms with Crippen LogP contribution in [-0.4, -0.2) is 34.4 Å². The van der Waals surface area contributed by atoms with E-state index in [-0.39, 0.29) is 31.6 Å². The summed E-state index contributed by atoms with van der Waals surface area (Å²) in [6, 6.07) is 12.8. The zero-order valence-electron chi connectivity index (χ0n) is 15.0. The molecule has 0 aliphatic carbocycles. The fourth-order valence-electron chi connectivity index (χ4n) is 2.82. The second-order valence-corrected chi connectivity index (χ2v) is 8.84. The van der Waals surface area contributed by atoms with Crippen LogP contribution in [0.3, 0.4) is 0 Å². The molecule has 0 atom stereocenters. The van der Waals surface area contributed by atoms with Crippen molar-refractivity contribution in [3.8, 4) is 11.5 Å². The molecule has 2 aliphatic rings. The number of anilines is 1. The highest BCUT2D eigenvalue weighted by Gasteiger charge is 2.32. The van der Waals surface area contributed by atoms with Crippen LogP contribution in [0.4, 0.5) is 5.69 Å². The van der Waals surface area contributed by atoms with Crippen LogP contribution in [0, 0.1) is 0 Å². The van der Waals surface area contributed by atoms with Gasteiger partial charge >= 0.3 is 0 Å². The molecule has 0 bridgehead atoms. The molecule has 0 aromatic heterocycles. The van der Waals surface area contributed by atoms with Crippen LogP contribution < -0.4 is 14.8 Å². The van der Waals surface area contributed by atoms with Gasteiger partial charge in [0.15, 0.2) is 11.5 Å². The highest BCUT2D eigenvalue weighted by Crippen LogP contribution is 2.36. The van der Waals surface area contributed by atoms with Crippen molar-refractivity contribution in [1.82, 2.24) is 4.90 Å². The molecule has 2 aromatic rings. The summed E-state index contributed by atoms with van der Waals surface area (Å²) in [7, 11) is 0. The highest BCUT2D eigenvalue weighted by molar-refractivity contribution is 9.10. The van der Waals surface area contributed by atoms with E-state index >= 15 is 0 Å². The Morgan fingerprint density at radius 1 is 1.21 bits per heavy atom. The Morgan fingerprint density at radius 3 is 2.76 bits per heavy atom. The van der Waals surface area contributed by atoms with E-state index in [9.17, 15) is 9.59 Å². The standard InChI is InChI=1S/C20H15BrN2O4S2/c21-13-2-4-14(5-3-13)22-18(24)7-8-23-19(25)17(29-20(23)28)10-12-1-6-15-16(9-12)27-11-26-15/h1-6,9-10H,7-8,11H2,(H,22,24). The van der Waals surface area contributed by atoms with Crippen LogP contribution in [0.15, 0.2) is 51.8 Å². The van der Waals surface area contributed by atoms with Crippen LogP contribution >= 0.6 is 39.9 Å². The fourth-order valence-corrected chi connectivity index (χ4v) is 4.39. The zero-order chi connectivity index (χ0) is 20.4. The zero-order valence-corrected chi connectivity index (χ0v) is 18.2. The summed E-state index contributed by atoms with van der Waals surface area (Å²) >= 11 is 9.91. The van der Waals surface area contributed by atoms with Crippen molar-refractivity contribution in [3.05, 3.63) is 57.4 Å². The fraction of sp³-hybridized carbons (Fsp3) is 0.150. The van der Waals surface area contributed by atoms with Gasteiger partial charge in [-0.3, -0.25) is 14.5 Å². The molecule has 2 aliphatic heterocycles. The van der Waals surface area contributed by atoms with E-state index in [4.69, 9.17) is 21.7 Å². The average molecular weight is 491 g/mol. The minimum Gasteiger partial charge on any atom is -0.454 e. The van der Waals surface area contributed by atoms with E-state index in [1.807, 2.05) is 24.3 Å². The van der Waals surface area contributed by atoms with Crippen LogP contribution in [0.5, 0.6) is 11.5 Å². The summed E-state index contributed by atoms with van der Waals surface area (Å²) in [6.45, 7) is 0.425. The van der Waals surface area contributed by atoms with E-state index in [1.54, 1.807) is 24.3 Å². The number of carbonyl (C=O) groups excluding carboxylic acids is 2. The number of amides is 2. The summed E-state index contributed by atoms with van der Waals surface area (Å²) in [5, 5.41) is 2.81. The van der Waals surface area contributed by atoms with Gasteiger partial charge < -0.3 is 14.8 Å². The average Bonchev–Trinajstić information content (AvgIpc) is 3.26. The highest BCUT2D eigenvalue weighted by atomic mass is 79.9. The third-order valence-electron chi connectivity index (χ3n) is 4.26. The maximum Gasteiger partial charge on any atom is 0.266 e. The Kier molecular flexibility index (Phi) is 5.89. The number of benzene rings is 2. The van der Waals surface area contributed by atoms with Gasteiger partial charge in [0.25, 0.3) is 5.91 Å². The minimum absolute atomic E-state index is 0.153. The Labute approximate surface area is 185 Å². The maximum atomic E-state index is 12.7. The molecule has 1 saturated heterocycles. The lowest BCUT2D eigenvalue weighted by molar-refractivity contribution is -0.122. The number of thioether (sulfide) groups is 1. The monoisotopic (exact) mass is 490 g/mol. The van der Waals surface area contributed by atoms with Crippen LogP contribution in [0.2, 0.25) is 0 Å². The third kappa shape index (κ3) is 4.63. The molecule has 1 N–H and O–H groups in total. The second kappa shape index (κ2) is 8.56. The molecule has 2 heterocycles. The summed E-state index contributed by atoms with van der Waals surface area (Å²) in [4.78, 5) is 26.9. The summed E-state index contributed by atoms with van der Waals surface area (Å²) < 4.78 is 12.0. The number of thiocarbonyl (C=S) groups is 1. The Bertz CT molecular complexity index is 1020. The first kappa shape index (κ1) is 19.9. The van der Waals surface area contributed by atoms with Gasteiger partial charge in [-0.15, -0.1) is 0 Å². The van der Waals surface area contributed by atoms with Gasteiger partial charge in [-0.2, -0.15) is 0 Å². The smallest absolute Gasteiger partial charge is 0.266 e. The number of hydrogen-bond donors (Lipinski definition) is 1. The Balaban J connectivity index is 1.38. The van der Waals surface area contributed by atoms with E-state index in [0.29, 0.717) is 26.4 Å². The van der Waals surface area contributed by atoms with Crippen molar-refractivity contribution < 1.29 is 19.1 Å². The van der Waals surface area contributed by atoms with Crippen molar-refractivity contribution in [3.63, 3.8) is 0 Å². The molecule has 4 rings (SSSR count). The Hall–Kier alpha value is -2.36. The lowest BCUT2D eigenvalue weighted by Crippen LogP contribution is -2.31. The van der Waals surface area contributed by atoms with Gasteiger partial charge in [-0.05, 0) is 48.0 Å². The van der Waals surface area contributed by atoms with Gasteiger partial charge in [-0.25, -0.2) is 0 Å². The lowest BCUT2D eigenvalue weighted by atomic mass is 10.2. The molecule has 9 heteroatoms. The van der Waals surface area contributed by atoms with Gasteiger partial charge in [0.2, 0.25) is 12.7 Å². The molecule has 0 saturated carbocycles. The number of ether oxygens (including phenoxy) is 2. The minimum atomic E-state index is -0.200. The molecule has 0 spiro atoms. The molecule has 2 aromatic carbocycles. The van der Waals surface area contributed by atoms with Crippen molar-refractivity contribution in [2.24, 2.45) is 0 Å². The van der Waals surface area contributed by atoms with E-state index in [1.165, 1.54) is 16.7 Å². The molecule has 1 fully saturated rings. The lowest BCUT2D eigenvalue weighted by Gasteiger charge is -2.14. The molecular formula is C20H15BrN2O4S2. The van der Waals surface area contributed by atoms with Crippen LogP contribution in [0.1, 0.15) is 12.0 Å². The first-order valence-electron chi connectivity index (χ1n) is 8.70. The topological polar surface area (TPSA) is 67.9 Å². The van der Waals surface area contributed by atoms with Gasteiger partial charge in [0.05, 0.1) is 4.91 Å². The van der Waals surface area contributed by atoms with Gasteiger partial charge in [0, 0.05) is 23.1 Å². The molecule has 29 heavy (non-hydrogen) atoms. The molecule has 0 radical (unpaired) electrons. The second-order valence-electron chi connectivity index (χ2n) is 6.25. The number of nitrogens with zero attached hydrogens (tertiary/aromatic N) is 1. The summed E-state index contributed by atoms with van der Waals surface area (Å²) in [5.41, 5.74) is 1.52. The van der Waals surface area contributed by atoms with E-state index in [2.05, 4.69) is 21.2 Å². The molecule has 6 nitrogen and oxygen atoms in total. The number of hydrogen-bond acceptors (Lipinski definition) is 6. The summed E-state index contributed by atoms with van der Waals surface area (Å²) in [5.74, 6) is 0.959. The van der Waals surface area contributed by atoms with Gasteiger partial charge in [-0.1, -0.05) is 46.0 Å². The van der Waals surface area contributed by atoms with Crippen molar-refractivity contribution in [2.75, 3.05) is 18.7 Å². The molecule has 148 valence electrons. The number of halogens is 1. The number of carbonyl (C=O) groups is 2. The molecule has 2 amide bonds. The third-order valence-corrected chi connectivity index (χ3v) is 6.16. The molecule has 0 unspecified atom stereocenters. The van der Waals surface area contributed by atoms with Crippen molar-refractivity contribution in [1.29, 1.82) is 0 Å². The predicted molar refractivity (Wildman–Crippen MR) is 120 cm³/mol. The summed E-state index contributed by atoms with van der Waals surface area (Å²) in [6.07, 6.45) is 1.92. The van der Waals surface area contributed by atoms with E-state index < -0.39 is 0 Å². The predicted octanol–water partition coefficient (Wildman–Crippen LogP) is 4.41. The van der Waals surface area contributed by atoms with E-state index in [0.717, 1.165) is 10.0 Å². The maximum absolute atomic E-state index is 12.7. The largest absolute Gasteiger partial charge is 0.454 e. The number of rotatable bonds is 5. The van der Waals surface area contributed by atoms with Gasteiger partial charge in [0.1, 0.15) is 4.32 Å². The van der Waals surface area contributed by atoms with Crippen LogP contribution in [-0.2, 0) is 9.59 Å². The van der Waals surface area contributed by atoms with Crippen molar-refractivity contribution in [2.45, 2.75) is 6.42 Å².